The van der Waals surface area contributed by atoms with Crippen LogP contribution in [0.4, 0.5) is 0 Å². The Bertz CT molecular complexity index is 250. The lowest BCUT2D eigenvalue weighted by molar-refractivity contribution is -0.147. The maximum Gasteiger partial charge on any atom is 0.308 e. The summed E-state index contributed by atoms with van der Waals surface area (Å²) in [4.78, 5) is 13.5. The summed E-state index contributed by atoms with van der Waals surface area (Å²) in [7, 11) is 2.08. The minimum absolute atomic E-state index is 0.139. The van der Waals surface area contributed by atoms with Gasteiger partial charge < -0.3 is 10.0 Å². The number of carboxylic acids is 1. The molecular weight excluding hydrogens is 190 g/mol. The molecule has 86 valence electrons. The normalized spacial score (nSPS) is 37.9. The topological polar surface area (TPSA) is 40.5 Å². The molecule has 0 spiro atoms. The Morgan fingerprint density at radius 3 is 2.53 bits per heavy atom. The second kappa shape index (κ2) is 4.12. The first-order valence-corrected chi connectivity index (χ1v) is 6.06. The number of carboxylic acid groups (broad SMARTS) is 1. The lowest BCUT2D eigenvalue weighted by atomic mass is 9.80. The molecular formula is C12H21NO2. The van der Waals surface area contributed by atoms with E-state index in [9.17, 15) is 9.90 Å². The molecule has 0 aromatic rings. The quantitative estimate of drug-likeness (QED) is 0.774. The first kappa shape index (κ1) is 10.9. The van der Waals surface area contributed by atoms with E-state index in [0.29, 0.717) is 5.92 Å². The van der Waals surface area contributed by atoms with Crippen LogP contribution in [-0.2, 0) is 4.79 Å². The van der Waals surface area contributed by atoms with Gasteiger partial charge in [-0.05, 0) is 44.6 Å². The summed E-state index contributed by atoms with van der Waals surface area (Å²) in [5.41, 5.74) is 0. The highest BCUT2D eigenvalue weighted by molar-refractivity contribution is 5.71. The van der Waals surface area contributed by atoms with Crippen molar-refractivity contribution in [2.45, 2.75) is 38.6 Å². The van der Waals surface area contributed by atoms with E-state index in [1.165, 1.54) is 12.8 Å². The van der Waals surface area contributed by atoms with Crippen molar-refractivity contribution in [3.63, 3.8) is 0 Å². The van der Waals surface area contributed by atoms with Gasteiger partial charge >= 0.3 is 5.97 Å². The molecule has 3 atom stereocenters. The minimum atomic E-state index is -0.598. The summed E-state index contributed by atoms with van der Waals surface area (Å²) in [6.07, 6.45) is 4.50. The lowest BCUT2D eigenvalue weighted by Crippen LogP contribution is -2.49. The molecule has 3 unspecified atom stereocenters. The smallest absolute Gasteiger partial charge is 0.308 e. The number of aliphatic carboxylic acids is 1. The van der Waals surface area contributed by atoms with Crippen molar-refractivity contribution in [2.24, 2.45) is 17.8 Å². The maximum atomic E-state index is 11.2. The highest BCUT2D eigenvalue weighted by atomic mass is 16.4. The third-order valence-corrected chi connectivity index (χ3v) is 4.13. The summed E-state index contributed by atoms with van der Waals surface area (Å²) < 4.78 is 0. The van der Waals surface area contributed by atoms with Gasteiger partial charge in [0, 0.05) is 12.6 Å². The zero-order valence-electron chi connectivity index (χ0n) is 9.65. The summed E-state index contributed by atoms with van der Waals surface area (Å²) in [5, 5.41) is 9.25. The van der Waals surface area contributed by atoms with Crippen molar-refractivity contribution in [1.29, 1.82) is 0 Å². The molecule has 2 fully saturated rings. The van der Waals surface area contributed by atoms with Crippen LogP contribution in [0.25, 0.3) is 0 Å². The van der Waals surface area contributed by atoms with Gasteiger partial charge in [-0.25, -0.2) is 0 Å². The molecule has 2 aliphatic rings. The maximum absolute atomic E-state index is 11.2. The van der Waals surface area contributed by atoms with Gasteiger partial charge in [-0.15, -0.1) is 0 Å². The molecule has 2 rings (SSSR count). The van der Waals surface area contributed by atoms with Crippen LogP contribution in [-0.4, -0.2) is 35.6 Å². The first-order chi connectivity index (χ1) is 7.13. The molecule has 15 heavy (non-hydrogen) atoms. The van der Waals surface area contributed by atoms with E-state index in [4.69, 9.17) is 0 Å². The van der Waals surface area contributed by atoms with Crippen LogP contribution in [0, 0.1) is 17.8 Å². The Balaban J connectivity index is 2.06. The zero-order chi connectivity index (χ0) is 11.0. The van der Waals surface area contributed by atoms with Gasteiger partial charge in [0.1, 0.15) is 0 Å². The average molecular weight is 211 g/mol. The Kier molecular flexibility index (Phi) is 3.01. The Labute approximate surface area is 91.5 Å². The van der Waals surface area contributed by atoms with Gasteiger partial charge in [0.15, 0.2) is 0 Å². The van der Waals surface area contributed by atoms with Gasteiger partial charge in [0.05, 0.1) is 5.92 Å². The lowest BCUT2D eigenvalue weighted by Gasteiger charge is -2.41. The van der Waals surface area contributed by atoms with E-state index >= 15 is 0 Å². The molecule has 1 heterocycles. The van der Waals surface area contributed by atoms with Crippen LogP contribution in [0.3, 0.4) is 0 Å². The number of rotatable bonds is 3. The summed E-state index contributed by atoms with van der Waals surface area (Å²) in [6.45, 7) is 3.20. The number of hydrogen-bond acceptors (Lipinski definition) is 2. The number of nitrogens with zero attached hydrogens (tertiary/aromatic N) is 1. The molecule has 1 aliphatic heterocycles. The predicted molar refractivity (Wildman–Crippen MR) is 58.7 cm³/mol. The highest BCUT2D eigenvalue weighted by Gasteiger charge is 2.42. The van der Waals surface area contributed by atoms with Crippen LogP contribution < -0.4 is 0 Å². The van der Waals surface area contributed by atoms with Crippen LogP contribution in [0.2, 0.25) is 0 Å². The molecule has 3 heteroatoms. The van der Waals surface area contributed by atoms with Crippen molar-refractivity contribution in [2.75, 3.05) is 13.6 Å². The molecule has 1 saturated heterocycles. The van der Waals surface area contributed by atoms with Crippen LogP contribution >= 0.6 is 0 Å². The molecule has 1 aliphatic carbocycles. The SMILES string of the molecule is CCC1C(C(=O)O)CC(C2CC2)CN1C. The van der Waals surface area contributed by atoms with Crippen LogP contribution in [0.5, 0.6) is 0 Å². The molecule has 3 nitrogen and oxygen atoms in total. The summed E-state index contributed by atoms with van der Waals surface area (Å²) in [5.74, 6) is 0.726. The first-order valence-electron chi connectivity index (χ1n) is 6.06. The molecule has 0 bridgehead atoms. The molecule has 0 aromatic heterocycles. The molecule has 1 N–H and O–H groups in total. The predicted octanol–water partition coefficient (Wildman–Crippen LogP) is 1.83. The monoisotopic (exact) mass is 211 g/mol. The Morgan fingerprint density at radius 1 is 1.40 bits per heavy atom. The highest BCUT2D eigenvalue weighted by Crippen LogP contribution is 2.43. The fourth-order valence-corrected chi connectivity index (χ4v) is 3.14. The van der Waals surface area contributed by atoms with Gasteiger partial charge in [0.25, 0.3) is 0 Å². The molecule has 0 aromatic carbocycles. The number of hydrogen-bond donors (Lipinski definition) is 1. The van der Waals surface area contributed by atoms with Crippen LogP contribution in [0.15, 0.2) is 0 Å². The van der Waals surface area contributed by atoms with Crippen molar-refractivity contribution in [3.05, 3.63) is 0 Å². The Hall–Kier alpha value is -0.570. The van der Waals surface area contributed by atoms with E-state index < -0.39 is 5.97 Å². The molecule has 0 amide bonds. The minimum Gasteiger partial charge on any atom is -0.481 e. The van der Waals surface area contributed by atoms with Gasteiger partial charge in [-0.1, -0.05) is 6.92 Å². The van der Waals surface area contributed by atoms with E-state index in [2.05, 4.69) is 18.9 Å². The van der Waals surface area contributed by atoms with Crippen molar-refractivity contribution in [1.82, 2.24) is 4.90 Å². The molecule has 0 radical (unpaired) electrons. The number of likely N-dealkylation sites (tertiary alicyclic amines) is 1. The number of carbonyl (C=O) groups is 1. The average Bonchev–Trinajstić information content (AvgIpc) is 2.99. The van der Waals surface area contributed by atoms with E-state index in [-0.39, 0.29) is 12.0 Å². The van der Waals surface area contributed by atoms with Crippen LogP contribution in [0.1, 0.15) is 32.6 Å². The standard InChI is InChI=1S/C12H21NO2/c1-3-11-10(12(14)15)6-9(7-13(11)2)8-4-5-8/h8-11H,3-7H2,1-2H3,(H,14,15). The van der Waals surface area contributed by atoms with Crippen molar-refractivity contribution < 1.29 is 9.90 Å². The Morgan fingerprint density at radius 2 is 2.07 bits per heavy atom. The van der Waals surface area contributed by atoms with Crippen molar-refractivity contribution >= 4 is 5.97 Å². The van der Waals surface area contributed by atoms with Gasteiger partial charge in [0.2, 0.25) is 0 Å². The second-order valence-electron chi connectivity index (χ2n) is 5.19. The zero-order valence-corrected chi connectivity index (χ0v) is 9.65. The fraction of sp³-hybridized carbons (Fsp3) is 0.917. The van der Waals surface area contributed by atoms with Crippen molar-refractivity contribution in [3.8, 4) is 0 Å². The number of piperidine rings is 1. The molecule has 1 saturated carbocycles. The van der Waals surface area contributed by atoms with E-state index in [1.54, 1.807) is 0 Å². The van der Waals surface area contributed by atoms with E-state index in [1.807, 2.05) is 0 Å². The fourth-order valence-electron chi connectivity index (χ4n) is 3.14. The summed E-state index contributed by atoms with van der Waals surface area (Å²) >= 11 is 0. The largest absolute Gasteiger partial charge is 0.481 e. The second-order valence-corrected chi connectivity index (χ2v) is 5.19. The summed E-state index contributed by atoms with van der Waals surface area (Å²) in [6, 6.07) is 0.248. The third-order valence-electron chi connectivity index (χ3n) is 4.13. The van der Waals surface area contributed by atoms with Gasteiger partial charge in [-0.3, -0.25) is 4.79 Å². The third kappa shape index (κ3) is 2.17. The van der Waals surface area contributed by atoms with Gasteiger partial charge in [-0.2, -0.15) is 0 Å². The van der Waals surface area contributed by atoms with E-state index in [0.717, 1.165) is 25.3 Å².